The quantitative estimate of drug-likeness (QED) is 0.586. The zero-order valence-electron chi connectivity index (χ0n) is 19.2. The molecule has 2 rings (SSSR count). The van der Waals surface area contributed by atoms with Gasteiger partial charge in [-0.1, -0.05) is 36.8 Å². The fourth-order valence-corrected chi connectivity index (χ4v) is 4.23. The molecule has 0 aliphatic rings. The van der Waals surface area contributed by atoms with Crippen molar-refractivity contribution in [1.29, 1.82) is 0 Å². The third kappa shape index (κ3) is 6.46. The molecule has 9 heteroatoms. The van der Waals surface area contributed by atoms with Gasteiger partial charge in [0.15, 0.2) is 0 Å². The third-order valence-corrected chi connectivity index (χ3v) is 6.26. The molecule has 2 aromatic carbocycles. The number of sulfonamides is 1. The van der Waals surface area contributed by atoms with Crippen LogP contribution in [0.5, 0.6) is 5.75 Å². The van der Waals surface area contributed by atoms with Gasteiger partial charge in [0, 0.05) is 13.6 Å². The summed E-state index contributed by atoms with van der Waals surface area (Å²) in [7, 11) is -0.679. The molecule has 1 atom stereocenters. The molecule has 0 aromatic heterocycles. The van der Waals surface area contributed by atoms with Crippen LogP contribution in [0.3, 0.4) is 0 Å². The summed E-state index contributed by atoms with van der Waals surface area (Å²) in [6.07, 6.45) is 1.43. The molecule has 0 aliphatic carbocycles. The summed E-state index contributed by atoms with van der Waals surface area (Å²) in [5.74, 6) is -0.167. The first kappa shape index (κ1) is 25.2. The van der Waals surface area contributed by atoms with Crippen molar-refractivity contribution >= 4 is 27.5 Å². The van der Waals surface area contributed by atoms with E-state index in [9.17, 15) is 18.0 Å². The number of carbonyl (C=O) groups is 2. The van der Waals surface area contributed by atoms with Gasteiger partial charge < -0.3 is 15.0 Å². The molecule has 0 saturated heterocycles. The number of nitrogens with zero attached hydrogens (tertiary/aromatic N) is 2. The Morgan fingerprint density at radius 3 is 2.31 bits per heavy atom. The highest BCUT2D eigenvalue weighted by Crippen LogP contribution is 2.21. The lowest BCUT2D eigenvalue weighted by atomic mass is 10.1. The van der Waals surface area contributed by atoms with Crippen molar-refractivity contribution in [3.05, 3.63) is 59.7 Å². The monoisotopic (exact) mass is 461 g/mol. The van der Waals surface area contributed by atoms with Crippen molar-refractivity contribution < 1.29 is 22.7 Å². The average Bonchev–Trinajstić information content (AvgIpc) is 2.77. The van der Waals surface area contributed by atoms with E-state index in [1.165, 1.54) is 11.9 Å². The fraction of sp³-hybridized carbons (Fsp3) is 0.391. The predicted octanol–water partition coefficient (Wildman–Crippen LogP) is 2.32. The number of rotatable bonds is 10. The molecule has 8 nitrogen and oxygen atoms in total. The van der Waals surface area contributed by atoms with Gasteiger partial charge in [-0.15, -0.1) is 0 Å². The van der Waals surface area contributed by atoms with Crippen LogP contribution in [0.1, 0.15) is 24.5 Å². The number of benzene rings is 2. The topological polar surface area (TPSA) is 96.0 Å². The highest BCUT2D eigenvalue weighted by atomic mass is 32.2. The SMILES string of the molecule is CC[C@H](C(=O)NC)N(Cc1cccc(OC)c1)C(=O)CN(c1ccc(C)cc1)S(C)(=O)=O. The van der Waals surface area contributed by atoms with Gasteiger partial charge in [-0.3, -0.25) is 13.9 Å². The fourth-order valence-electron chi connectivity index (χ4n) is 3.38. The van der Waals surface area contributed by atoms with Crippen LogP contribution in [-0.2, 0) is 26.2 Å². The molecule has 0 fully saturated rings. The van der Waals surface area contributed by atoms with Crippen LogP contribution < -0.4 is 14.4 Å². The van der Waals surface area contributed by atoms with Gasteiger partial charge in [0.25, 0.3) is 0 Å². The third-order valence-electron chi connectivity index (χ3n) is 5.12. The van der Waals surface area contributed by atoms with Gasteiger partial charge in [-0.2, -0.15) is 0 Å². The minimum atomic E-state index is -3.74. The van der Waals surface area contributed by atoms with Gasteiger partial charge in [0.1, 0.15) is 18.3 Å². The lowest BCUT2D eigenvalue weighted by Crippen LogP contribution is -2.51. The van der Waals surface area contributed by atoms with Crippen LogP contribution in [0.25, 0.3) is 0 Å². The Labute approximate surface area is 190 Å². The van der Waals surface area contributed by atoms with Gasteiger partial charge in [0.05, 0.1) is 19.1 Å². The normalized spacial score (nSPS) is 12.0. The highest BCUT2D eigenvalue weighted by molar-refractivity contribution is 7.92. The van der Waals surface area contributed by atoms with Gasteiger partial charge in [-0.05, 0) is 43.2 Å². The Hall–Kier alpha value is -3.07. The van der Waals surface area contributed by atoms with Gasteiger partial charge in [-0.25, -0.2) is 8.42 Å². The molecule has 0 saturated carbocycles. The second kappa shape index (κ2) is 11.0. The minimum absolute atomic E-state index is 0.132. The van der Waals surface area contributed by atoms with Crippen LogP contribution in [0, 0.1) is 6.92 Å². The maximum absolute atomic E-state index is 13.4. The standard InChI is InChI=1S/C23H31N3O5S/c1-6-21(23(28)24-3)25(15-18-8-7-9-20(14-18)31-4)22(27)16-26(32(5,29)30)19-12-10-17(2)11-13-19/h7-14,21H,6,15-16H2,1-5H3,(H,24,28)/t21-/m1/s1. The minimum Gasteiger partial charge on any atom is -0.497 e. The highest BCUT2D eigenvalue weighted by Gasteiger charge is 2.31. The Bertz CT molecular complexity index is 1040. The maximum atomic E-state index is 13.4. The van der Waals surface area contributed by atoms with E-state index in [0.717, 1.165) is 21.7 Å². The van der Waals surface area contributed by atoms with Crippen molar-refractivity contribution in [3.63, 3.8) is 0 Å². The summed E-state index contributed by atoms with van der Waals surface area (Å²) in [6.45, 7) is 3.41. The molecule has 0 unspecified atom stereocenters. The van der Waals surface area contributed by atoms with E-state index >= 15 is 0 Å². The number of anilines is 1. The molecule has 0 spiro atoms. The maximum Gasteiger partial charge on any atom is 0.244 e. The van der Waals surface area contributed by atoms with Crippen molar-refractivity contribution in [3.8, 4) is 5.75 Å². The van der Waals surface area contributed by atoms with E-state index in [0.29, 0.717) is 17.9 Å². The van der Waals surface area contributed by atoms with Crippen LogP contribution in [-0.4, -0.2) is 58.1 Å². The zero-order chi connectivity index (χ0) is 23.9. The molecule has 2 amide bonds. The Morgan fingerprint density at radius 2 is 1.78 bits per heavy atom. The molecule has 1 N–H and O–H groups in total. The second-order valence-corrected chi connectivity index (χ2v) is 9.42. The molecule has 0 heterocycles. The van der Waals surface area contributed by atoms with E-state index in [2.05, 4.69) is 5.32 Å². The van der Waals surface area contributed by atoms with Crippen molar-refractivity contribution in [2.24, 2.45) is 0 Å². The number of methoxy groups -OCH3 is 1. The van der Waals surface area contributed by atoms with Crippen LogP contribution in [0.2, 0.25) is 0 Å². The Balaban J connectivity index is 2.42. The zero-order valence-corrected chi connectivity index (χ0v) is 20.0. The van der Waals surface area contributed by atoms with E-state index in [-0.39, 0.29) is 12.5 Å². The molecule has 0 aliphatic heterocycles. The first-order valence-electron chi connectivity index (χ1n) is 10.3. The number of ether oxygens (including phenoxy) is 1. The summed E-state index contributed by atoms with van der Waals surface area (Å²) < 4.78 is 31.3. The lowest BCUT2D eigenvalue weighted by molar-refractivity contribution is -0.140. The first-order chi connectivity index (χ1) is 15.1. The second-order valence-electron chi connectivity index (χ2n) is 7.52. The van der Waals surface area contributed by atoms with Crippen LogP contribution in [0.15, 0.2) is 48.5 Å². The average molecular weight is 462 g/mol. The van der Waals surface area contributed by atoms with Crippen molar-refractivity contribution in [2.75, 3.05) is 31.3 Å². The van der Waals surface area contributed by atoms with E-state index < -0.39 is 28.5 Å². The molecule has 32 heavy (non-hydrogen) atoms. The largest absolute Gasteiger partial charge is 0.497 e. The predicted molar refractivity (Wildman–Crippen MR) is 125 cm³/mol. The summed E-state index contributed by atoms with van der Waals surface area (Å²) in [5.41, 5.74) is 2.13. The Kier molecular flexibility index (Phi) is 8.65. The number of hydrogen-bond donors (Lipinski definition) is 1. The van der Waals surface area contributed by atoms with Gasteiger partial charge >= 0.3 is 0 Å². The molecule has 0 radical (unpaired) electrons. The summed E-state index contributed by atoms with van der Waals surface area (Å²) >= 11 is 0. The van der Waals surface area contributed by atoms with Gasteiger partial charge in [0.2, 0.25) is 21.8 Å². The molecule has 174 valence electrons. The van der Waals surface area contributed by atoms with Crippen LogP contribution in [0.4, 0.5) is 5.69 Å². The molecule has 0 bridgehead atoms. The number of carbonyl (C=O) groups excluding carboxylic acids is 2. The molecular formula is C23H31N3O5S. The van der Waals surface area contributed by atoms with E-state index in [1.807, 2.05) is 13.0 Å². The van der Waals surface area contributed by atoms with E-state index in [4.69, 9.17) is 4.74 Å². The summed E-state index contributed by atoms with van der Waals surface area (Å²) in [5, 5.41) is 2.59. The number of amides is 2. The smallest absolute Gasteiger partial charge is 0.244 e. The number of aryl methyl sites for hydroxylation is 1. The summed E-state index contributed by atoms with van der Waals surface area (Å²) in [6, 6.07) is 13.3. The molecular weight excluding hydrogens is 430 g/mol. The molecule has 2 aromatic rings. The lowest BCUT2D eigenvalue weighted by Gasteiger charge is -2.32. The summed E-state index contributed by atoms with van der Waals surface area (Å²) in [4.78, 5) is 27.4. The Morgan fingerprint density at radius 1 is 1.12 bits per heavy atom. The number of nitrogens with one attached hydrogen (secondary N) is 1. The number of hydrogen-bond acceptors (Lipinski definition) is 5. The van der Waals surface area contributed by atoms with Crippen molar-refractivity contribution in [1.82, 2.24) is 10.2 Å². The van der Waals surface area contributed by atoms with Crippen LogP contribution >= 0.6 is 0 Å². The van der Waals surface area contributed by atoms with Crippen molar-refractivity contribution in [2.45, 2.75) is 32.9 Å². The number of likely N-dealkylation sites (N-methyl/N-ethyl adjacent to an activating group) is 1. The van der Waals surface area contributed by atoms with E-state index in [1.54, 1.807) is 56.5 Å². The first-order valence-corrected chi connectivity index (χ1v) is 12.1.